The van der Waals surface area contributed by atoms with E-state index in [0.717, 1.165) is 11.1 Å². The first-order chi connectivity index (χ1) is 10.8. The molecule has 0 radical (unpaired) electrons. The van der Waals surface area contributed by atoms with Gasteiger partial charge in [-0.25, -0.2) is 8.42 Å². The van der Waals surface area contributed by atoms with Gasteiger partial charge < -0.3 is 9.47 Å². The van der Waals surface area contributed by atoms with E-state index in [-0.39, 0.29) is 4.90 Å². The van der Waals surface area contributed by atoms with Gasteiger partial charge in [0.15, 0.2) is 11.5 Å². The Morgan fingerprint density at radius 2 is 1.48 bits per heavy atom. The molecule has 0 saturated carbocycles. The molecule has 0 aliphatic rings. The van der Waals surface area contributed by atoms with Gasteiger partial charge in [-0.1, -0.05) is 12.1 Å². The van der Waals surface area contributed by atoms with E-state index in [1.807, 2.05) is 32.0 Å². The van der Waals surface area contributed by atoms with Crippen LogP contribution in [0.25, 0.3) is 0 Å². The molecule has 2 aromatic rings. The third kappa shape index (κ3) is 3.59. The number of benzene rings is 2. The van der Waals surface area contributed by atoms with Gasteiger partial charge in [0.2, 0.25) is 0 Å². The van der Waals surface area contributed by atoms with E-state index in [0.29, 0.717) is 22.7 Å². The lowest BCUT2D eigenvalue weighted by molar-refractivity contribution is 0.353. The molecule has 0 spiro atoms. The molecule has 0 fully saturated rings. The Labute approximate surface area is 137 Å². The molecule has 0 aliphatic heterocycles. The molecule has 5 nitrogen and oxygen atoms in total. The highest BCUT2D eigenvalue weighted by atomic mass is 32.2. The molecule has 0 amide bonds. The maximum Gasteiger partial charge on any atom is 0.262 e. The van der Waals surface area contributed by atoms with E-state index in [2.05, 4.69) is 4.72 Å². The van der Waals surface area contributed by atoms with E-state index in [1.54, 1.807) is 13.0 Å². The Morgan fingerprint density at radius 1 is 0.870 bits per heavy atom. The van der Waals surface area contributed by atoms with Crippen molar-refractivity contribution in [3.8, 4) is 11.5 Å². The van der Waals surface area contributed by atoms with E-state index in [4.69, 9.17) is 9.47 Å². The van der Waals surface area contributed by atoms with Crippen molar-refractivity contribution >= 4 is 15.7 Å². The second-order valence-electron chi connectivity index (χ2n) is 5.40. The van der Waals surface area contributed by atoms with Crippen molar-refractivity contribution in [2.24, 2.45) is 0 Å². The number of hydrogen-bond donors (Lipinski definition) is 1. The number of nitrogens with one attached hydrogen (secondary N) is 1. The lowest BCUT2D eigenvalue weighted by atomic mass is 10.1. The average molecular weight is 335 g/mol. The SMILES string of the molecule is COc1cc(C)c(S(=O)(=O)Nc2cc(C)ccc2C)cc1OC. The van der Waals surface area contributed by atoms with E-state index in [9.17, 15) is 8.42 Å². The third-order valence-corrected chi connectivity index (χ3v) is 5.12. The summed E-state index contributed by atoms with van der Waals surface area (Å²) in [6.07, 6.45) is 0. The monoisotopic (exact) mass is 335 g/mol. The molecule has 2 aromatic carbocycles. The Kier molecular flexibility index (Phi) is 4.85. The molecule has 2 rings (SSSR count). The van der Waals surface area contributed by atoms with Gasteiger partial charge in [0.1, 0.15) is 0 Å². The first kappa shape index (κ1) is 17.1. The summed E-state index contributed by atoms with van der Waals surface area (Å²) in [5, 5.41) is 0. The van der Waals surface area contributed by atoms with E-state index >= 15 is 0 Å². The van der Waals surface area contributed by atoms with Crippen molar-refractivity contribution in [1.82, 2.24) is 0 Å². The molecule has 0 aliphatic carbocycles. The predicted octanol–water partition coefficient (Wildman–Crippen LogP) is 3.43. The fraction of sp³-hybridized carbons (Fsp3) is 0.294. The molecule has 0 bridgehead atoms. The highest BCUT2D eigenvalue weighted by molar-refractivity contribution is 7.92. The molecule has 124 valence electrons. The quantitative estimate of drug-likeness (QED) is 0.909. The van der Waals surface area contributed by atoms with Crippen LogP contribution < -0.4 is 14.2 Å². The van der Waals surface area contributed by atoms with Crippen molar-refractivity contribution in [3.63, 3.8) is 0 Å². The van der Waals surface area contributed by atoms with Crippen LogP contribution in [0.4, 0.5) is 5.69 Å². The molecule has 0 saturated heterocycles. The zero-order valence-corrected chi connectivity index (χ0v) is 14.7. The number of ether oxygens (including phenoxy) is 2. The van der Waals surface area contributed by atoms with Crippen LogP contribution in [0.1, 0.15) is 16.7 Å². The van der Waals surface area contributed by atoms with Crippen molar-refractivity contribution in [2.45, 2.75) is 25.7 Å². The second kappa shape index (κ2) is 6.50. The summed E-state index contributed by atoms with van der Waals surface area (Å²) in [4.78, 5) is 0.163. The summed E-state index contributed by atoms with van der Waals surface area (Å²) < 4.78 is 38.5. The minimum atomic E-state index is -3.73. The average Bonchev–Trinajstić information content (AvgIpc) is 2.50. The van der Waals surface area contributed by atoms with E-state index in [1.165, 1.54) is 20.3 Å². The number of hydrogen-bond acceptors (Lipinski definition) is 4. The van der Waals surface area contributed by atoms with Gasteiger partial charge in [0.25, 0.3) is 10.0 Å². The molecular formula is C17H21NO4S. The molecule has 23 heavy (non-hydrogen) atoms. The molecule has 0 atom stereocenters. The summed E-state index contributed by atoms with van der Waals surface area (Å²) in [5.41, 5.74) is 2.99. The van der Waals surface area contributed by atoms with Gasteiger partial charge in [0.05, 0.1) is 24.8 Å². The van der Waals surface area contributed by atoms with E-state index < -0.39 is 10.0 Å². The fourth-order valence-electron chi connectivity index (χ4n) is 2.30. The first-order valence-corrected chi connectivity index (χ1v) is 8.59. The lowest BCUT2D eigenvalue weighted by Gasteiger charge is -2.15. The summed E-state index contributed by atoms with van der Waals surface area (Å²) >= 11 is 0. The van der Waals surface area contributed by atoms with Crippen LogP contribution in [0.3, 0.4) is 0 Å². The molecule has 6 heteroatoms. The van der Waals surface area contributed by atoms with Crippen LogP contribution in [0.2, 0.25) is 0 Å². The van der Waals surface area contributed by atoms with Crippen LogP contribution >= 0.6 is 0 Å². The van der Waals surface area contributed by atoms with Crippen molar-refractivity contribution in [2.75, 3.05) is 18.9 Å². The van der Waals surface area contributed by atoms with Crippen molar-refractivity contribution in [1.29, 1.82) is 0 Å². The maximum absolute atomic E-state index is 12.7. The van der Waals surface area contributed by atoms with Crippen LogP contribution in [-0.4, -0.2) is 22.6 Å². The predicted molar refractivity (Wildman–Crippen MR) is 91.0 cm³/mol. The zero-order valence-electron chi connectivity index (χ0n) is 13.9. The topological polar surface area (TPSA) is 64.6 Å². The summed E-state index contributed by atoms with van der Waals surface area (Å²) in [7, 11) is -0.739. The second-order valence-corrected chi connectivity index (χ2v) is 7.05. The smallest absolute Gasteiger partial charge is 0.262 e. The largest absolute Gasteiger partial charge is 0.493 e. The number of anilines is 1. The van der Waals surface area contributed by atoms with Gasteiger partial charge >= 0.3 is 0 Å². The normalized spacial score (nSPS) is 11.2. The number of aryl methyl sites for hydroxylation is 3. The number of sulfonamides is 1. The van der Waals surface area contributed by atoms with Gasteiger partial charge in [0, 0.05) is 6.07 Å². The molecular weight excluding hydrogens is 314 g/mol. The Morgan fingerprint density at radius 3 is 2.09 bits per heavy atom. The molecule has 0 heterocycles. The van der Waals surface area contributed by atoms with Gasteiger partial charge in [-0.05, 0) is 49.6 Å². The Hall–Kier alpha value is -2.21. The van der Waals surface area contributed by atoms with Crippen LogP contribution in [0, 0.1) is 20.8 Å². The summed E-state index contributed by atoms with van der Waals surface area (Å²) in [6.45, 7) is 5.50. The summed E-state index contributed by atoms with van der Waals surface area (Å²) in [6, 6.07) is 8.75. The molecule has 0 aromatic heterocycles. The Bertz CT molecular complexity index is 829. The first-order valence-electron chi connectivity index (χ1n) is 7.11. The minimum absolute atomic E-state index is 0.163. The van der Waals surface area contributed by atoms with Crippen molar-refractivity contribution < 1.29 is 17.9 Å². The third-order valence-electron chi connectivity index (χ3n) is 3.61. The minimum Gasteiger partial charge on any atom is -0.493 e. The van der Waals surface area contributed by atoms with Crippen molar-refractivity contribution in [3.05, 3.63) is 47.0 Å². The molecule has 1 N–H and O–H groups in total. The highest BCUT2D eigenvalue weighted by Gasteiger charge is 2.21. The lowest BCUT2D eigenvalue weighted by Crippen LogP contribution is -2.15. The fourth-order valence-corrected chi connectivity index (χ4v) is 3.66. The van der Waals surface area contributed by atoms with Gasteiger partial charge in [-0.15, -0.1) is 0 Å². The van der Waals surface area contributed by atoms with Crippen LogP contribution in [0.5, 0.6) is 11.5 Å². The standard InChI is InChI=1S/C17H21NO4S/c1-11-6-7-12(2)14(8-11)18-23(19,20)17-10-16(22-5)15(21-4)9-13(17)3/h6-10,18H,1-5H3. The number of rotatable bonds is 5. The Balaban J connectivity index is 2.49. The summed E-state index contributed by atoms with van der Waals surface area (Å²) in [5.74, 6) is 0.870. The van der Waals surface area contributed by atoms with Crippen LogP contribution in [0.15, 0.2) is 35.2 Å². The van der Waals surface area contributed by atoms with Gasteiger partial charge in [-0.3, -0.25) is 4.72 Å². The zero-order chi connectivity index (χ0) is 17.2. The molecule has 0 unspecified atom stereocenters. The van der Waals surface area contributed by atoms with Gasteiger partial charge in [-0.2, -0.15) is 0 Å². The van der Waals surface area contributed by atoms with Crippen LogP contribution in [-0.2, 0) is 10.0 Å². The highest BCUT2D eigenvalue weighted by Crippen LogP contribution is 2.33. The maximum atomic E-state index is 12.7. The number of methoxy groups -OCH3 is 2.